The molecule has 0 spiro atoms. The van der Waals surface area contributed by atoms with E-state index >= 15 is 0 Å². The second-order valence-corrected chi connectivity index (χ2v) is 2.13. The van der Waals surface area contributed by atoms with Gasteiger partial charge in [0.2, 0.25) is 6.29 Å². The number of aliphatic hydroxyl groups is 1. The number of hydrogen-bond acceptors (Lipinski definition) is 4. The number of ether oxygens (including phenoxy) is 1. The van der Waals surface area contributed by atoms with E-state index in [0.29, 0.717) is 0 Å². The van der Waals surface area contributed by atoms with Crippen LogP contribution in [0.1, 0.15) is 0 Å². The maximum absolute atomic E-state index is 10.9. The Morgan fingerprint density at radius 2 is 2.42 bits per heavy atom. The monoisotopic (exact) mass is 176 g/mol. The fraction of sp³-hybridized carbons (Fsp3) is 0.600. The van der Waals surface area contributed by atoms with E-state index in [2.05, 4.69) is 4.74 Å². The molecule has 7 heteroatoms. The van der Waals surface area contributed by atoms with Gasteiger partial charge in [-0.05, 0) is 0 Å². The van der Waals surface area contributed by atoms with E-state index in [1.54, 1.807) is 0 Å². The summed E-state index contributed by atoms with van der Waals surface area (Å²) >= 11 is 0. The molecular weight excluding hydrogens is 168 g/mol. The highest BCUT2D eigenvalue weighted by Crippen LogP contribution is 2.00. The van der Waals surface area contributed by atoms with E-state index in [-0.39, 0.29) is 13.2 Å². The molecule has 7 nitrogen and oxygen atoms in total. The molecule has 1 rings (SSSR count). The van der Waals surface area contributed by atoms with E-state index < -0.39 is 18.3 Å². The Balaban J connectivity index is 2.52. The number of aliphatic hydroxyl groups excluding tert-OH is 1. The standard InChI is InChI=1S/C5H8N2O5/c8-3-4(9)12-2-1-7(3)6-5(10)11/h4,6,9H,1-2H2,(H,10,11). The molecule has 1 fully saturated rings. The number of hydrogen-bond donors (Lipinski definition) is 3. The Morgan fingerprint density at radius 1 is 1.75 bits per heavy atom. The summed E-state index contributed by atoms with van der Waals surface area (Å²) in [5.41, 5.74) is 1.82. The normalized spacial score (nSPS) is 23.9. The molecule has 0 saturated carbocycles. The van der Waals surface area contributed by atoms with E-state index in [4.69, 9.17) is 10.2 Å². The highest BCUT2D eigenvalue weighted by Gasteiger charge is 2.28. The molecule has 1 unspecified atom stereocenters. The van der Waals surface area contributed by atoms with Crippen molar-refractivity contribution in [1.82, 2.24) is 10.4 Å². The van der Waals surface area contributed by atoms with E-state index in [1.807, 2.05) is 5.43 Å². The first-order valence-corrected chi connectivity index (χ1v) is 3.22. The average molecular weight is 176 g/mol. The van der Waals surface area contributed by atoms with Gasteiger partial charge in [0.15, 0.2) is 0 Å². The first-order chi connectivity index (χ1) is 5.61. The van der Waals surface area contributed by atoms with Crippen LogP contribution in [0.2, 0.25) is 0 Å². The molecule has 0 bridgehead atoms. The van der Waals surface area contributed by atoms with Gasteiger partial charge in [-0.15, -0.1) is 0 Å². The lowest BCUT2D eigenvalue weighted by Crippen LogP contribution is -2.55. The molecule has 0 radical (unpaired) electrons. The van der Waals surface area contributed by atoms with Gasteiger partial charge in [0.25, 0.3) is 5.91 Å². The van der Waals surface area contributed by atoms with Crippen molar-refractivity contribution >= 4 is 12.0 Å². The fourth-order valence-corrected chi connectivity index (χ4v) is 0.797. The number of morpholine rings is 1. The second kappa shape index (κ2) is 3.37. The number of carbonyl (C=O) groups is 2. The van der Waals surface area contributed by atoms with Gasteiger partial charge < -0.3 is 14.9 Å². The SMILES string of the molecule is O=C(O)NN1CCOC(O)C1=O. The Morgan fingerprint density at radius 3 is 3.00 bits per heavy atom. The second-order valence-electron chi connectivity index (χ2n) is 2.13. The molecule has 1 aliphatic heterocycles. The summed E-state index contributed by atoms with van der Waals surface area (Å²) in [4.78, 5) is 21.0. The number of amides is 2. The lowest BCUT2D eigenvalue weighted by molar-refractivity contribution is -0.186. The van der Waals surface area contributed by atoms with Gasteiger partial charge in [0.1, 0.15) is 0 Å². The minimum Gasteiger partial charge on any atom is -0.464 e. The van der Waals surface area contributed by atoms with Crippen molar-refractivity contribution in [2.45, 2.75) is 6.29 Å². The van der Waals surface area contributed by atoms with Gasteiger partial charge >= 0.3 is 6.09 Å². The third-order valence-electron chi connectivity index (χ3n) is 1.30. The Bertz CT molecular complexity index is 206. The number of carbonyl (C=O) groups excluding carboxylic acids is 1. The third-order valence-corrected chi connectivity index (χ3v) is 1.30. The van der Waals surface area contributed by atoms with E-state index in [9.17, 15) is 9.59 Å². The maximum atomic E-state index is 10.9. The molecule has 0 aromatic rings. The quantitative estimate of drug-likeness (QED) is 0.444. The van der Waals surface area contributed by atoms with Crippen molar-refractivity contribution in [3.05, 3.63) is 0 Å². The average Bonchev–Trinajstić information content (AvgIpc) is 1.98. The van der Waals surface area contributed by atoms with Crippen LogP contribution < -0.4 is 5.43 Å². The van der Waals surface area contributed by atoms with Crippen molar-refractivity contribution in [3.8, 4) is 0 Å². The van der Waals surface area contributed by atoms with Crippen LogP contribution in [-0.4, -0.2) is 46.7 Å². The predicted octanol–water partition coefficient (Wildman–Crippen LogP) is -1.65. The smallest absolute Gasteiger partial charge is 0.423 e. The molecule has 1 aliphatic rings. The molecule has 0 aliphatic carbocycles. The first-order valence-electron chi connectivity index (χ1n) is 3.22. The Kier molecular flexibility index (Phi) is 2.46. The van der Waals surface area contributed by atoms with Crippen molar-refractivity contribution in [2.75, 3.05) is 13.2 Å². The number of rotatable bonds is 1. The van der Waals surface area contributed by atoms with Crippen LogP contribution in [-0.2, 0) is 9.53 Å². The number of nitrogens with one attached hydrogen (secondary N) is 1. The molecular formula is C5H8N2O5. The molecule has 0 aromatic carbocycles. The van der Waals surface area contributed by atoms with Crippen LogP contribution in [0.4, 0.5) is 4.79 Å². The molecule has 0 aromatic heterocycles. The lowest BCUT2D eigenvalue weighted by atomic mass is 10.4. The molecule has 68 valence electrons. The zero-order valence-corrected chi connectivity index (χ0v) is 6.06. The molecule has 3 N–H and O–H groups in total. The predicted molar refractivity (Wildman–Crippen MR) is 34.8 cm³/mol. The summed E-state index contributed by atoms with van der Waals surface area (Å²) in [6, 6.07) is 0. The first kappa shape index (κ1) is 8.75. The van der Waals surface area contributed by atoms with E-state index in [0.717, 1.165) is 5.01 Å². The maximum Gasteiger partial charge on any atom is 0.423 e. The fourth-order valence-electron chi connectivity index (χ4n) is 0.797. The highest BCUT2D eigenvalue weighted by molar-refractivity contribution is 5.81. The number of carboxylic acid groups (broad SMARTS) is 1. The molecule has 12 heavy (non-hydrogen) atoms. The minimum absolute atomic E-state index is 0.0994. The van der Waals surface area contributed by atoms with Gasteiger partial charge in [0, 0.05) is 0 Å². The zero-order valence-electron chi connectivity index (χ0n) is 6.06. The van der Waals surface area contributed by atoms with Gasteiger partial charge in [0.05, 0.1) is 13.2 Å². The Labute approximate surface area is 67.5 Å². The minimum atomic E-state index is -1.56. The van der Waals surface area contributed by atoms with Gasteiger partial charge in [-0.2, -0.15) is 0 Å². The van der Waals surface area contributed by atoms with E-state index in [1.165, 1.54) is 0 Å². The van der Waals surface area contributed by atoms with Gasteiger partial charge in [-0.3, -0.25) is 4.79 Å². The Hall–Kier alpha value is -1.34. The van der Waals surface area contributed by atoms with Crippen molar-refractivity contribution in [3.63, 3.8) is 0 Å². The summed E-state index contributed by atoms with van der Waals surface area (Å²) in [5.74, 6) is -0.802. The summed E-state index contributed by atoms with van der Waals surface area (Å²) in [6.07, 6.45) is -2.91. The van der Waals surface area contributed by atoms with Crippen LogP contribution in [0.25, 0.3) is 0 Å². The van der Waals surface area contributed by atoms with Gasteiger partial charge in [-0.1, -0.05) is 0 Å². The highest BCUT2D eigenvalue weighted by atomic mass is 16.6. The van der Waals surface area contributed by atoms with Crippen molar-refractivity contribution in [1.29, 1.82) is 0 Å². The summed E-state index contributed by atoms with van der Waals surface area (Å²) in [5, 5.41) is 17.8. The molecule has 1 saturated heterocycles. The molecule has 2 amide bonds. The van der Waals surface area contributed by atoms with Gasteiger partial charge in [-0.25, -0.2) is 15.2 Å². The van der Waals surface area contributed by atoms with Crippen LogP contribution >= 0.6 is 0 Å². The summed E-state index contributed by atoms with van der Waals surface area (Å²) < 4.78 is 4.53. The van der Waals surface area contributed by atoms with Crippen LogP contribution in [0.5, 0.6) is 0 Å². The number of nitrogens with zero attached hydrogens (tertiary/aromatic N) is 1. The van der Waals surface area contributed by atoms with Crippen LogP contribution in [0.3, 0.4) is 0 Å². The molecule has 1 atom stereocenters. The van der Waals surface area contributed by atoms with Crippen LogP contribution in [0.15, 0.2) is 0 Å². The summed E-state index contributed by atoms with van der Waals surface area (Å²) in [6.45, 7) is 0.204. The third kappa shape index (κ3) is 1.83. The summed E-state index contributed by atoms with van der Waals surface area (Å²) in [7, 11) is 0. The molecule has 1 heterocycles. The number of hydrazine groups is 1. The van der Waals surface area contributed by atoms with Crippen molar-refractivity contribution in [2.24, 2.45) is 0 Å². The largest absolute Gasteiger partial charge is 0.464 e. The van der Waals surface area contributed by atoms with Crippen LogP contribution in [0, 0.1) is 0 Å². The van der Waals surface area contributed by atoms with Crippen molar-refractivity contribution < 1.29 is 24.5 Å². The topological polar surface area (TPSA) is 99.1 Å². The zero-order chi connectivity index (χ0) is 9.14. The lowest BCUT2D eigenvalue weighted by Gasteiger charge is -2.28.